The number of rotatable bonds is 4. The number of anilines is 3. The van der Waals surface area contributed by atoms with Gasteiger partial charge in [0, 0.05) is 23.7 Å². The van der Waals surface area contributed by atoms with Gasteiger partial charge in [0.2, 0.25) is 5.91 Å². The summed E-state index contributed by atoms with van der Waals surface area (Å²) in [5.74, 6) is 0.646. The Balaban J connectivity index is 1.76. The first-order valence-corrected chi connectivity index (χ1v) is 7.23. The minimum Gasteiger partial charge on any atom is -0.463 e. The molecule has 1 aromatic carbocycles. The molecule has 0 spiro atoms. The molecule has 0 fully saturated rings. The van der Waals surface area contributed by atoms with Crippen LogP contribution < -0.4 is 10.6 Å². The molecule has 0 bridgehead atoms. The third-order valence-corrected chi connectivity index (χ3v) is 3.47. The van der Waals surface area contributed by atoms with Gasteiger partial charge in [0.15, 0.2) is 10.9 Å². The van der Waals surface area contributed by atoms with E-state index in [0.717, 1.165) is 28.0 Å². The maximum atomic E-state index is 11.1. The molecule has 0 saturated carbocycles. The van der Waals surface area contributed by atoms with Crippen molar-refractivity contribution in [1.29, 1.82) is 0 Å². The predicted octanol–water partition coefficient (Wildman–Crippen LogP) is 4.11. The minimum absolute atomic E-state index is 0.0958. The van der Waals surface area contributed by atoms with Crippen LogP contribution in [0.3, 0.4) is 0 Å². The zero-order valence-corrected chi connectivity index (χ0v) is 12.1. The van der Waals surface area contributed by atoms with Gasteiger partial charge in [-0.05, 0) is 30.3 Å². The van der Waals surface area contributed by atoms with Crippen LogP contribution in [0.25, 0.3) is 11.5 Å². The van der Waals surface area contributed by atoms with Crippen LogP contribution in [0.15, 0.2) is 52.5 Å². The van der Waals surface area contributed by atoms with Gasteiger partial charge < -0.3 is 15.1 Å². The number of aromatic nitrogens is 1. The Bertz CT molecular complexity index is 750. The summed E-state index contributed by atoms with van der Waals surface area (Å²) in [6.07, 6.45) is 1.62. The van der Waals surface area contributed by atoms with Crippen LogP contribution in [-0.4, -0.2) is 10.9 Å². The lowest BCUT2D eigenvalue weighted by Crippen LogP contribution is -2.05. The van der Waals surface area contributed by atoms with Crippen molar-refractivity contribution in [3.63, 3.8) is 0 Å². The maximum absolute atomic E-state index is 11.1. The molecule has 0 aliphatic rings. The van der Waals surface area contributed by atoms with Crippen LogP contribution in [-0.2, 0) is 4.79 Å². The fourth-order valence-corrected chi connectivity index (χ4v) is 2.59. The quantitative estimate of drug-likeness (QED) is 0.761. The number of hydrogen-bond donors (Lipinski definition) is 2. The molecular formula is C15H13N3O2S. The molecule has 3 rings (SSSR count). The van der Waals surface area contributed by atoms with Crippen molar-refractivity contribution < 1.29 is 9.21 Å². The van der Waals surface area contributed by atoms with E-state index in [1.807, 2.05) is 41.8 Å². The average Bonchev–Trinajstić information content (AvgIpc) is 3.08. The molecule has 0 atom stereocenters. The molecule has 0 aliphatic carbocycles. The van der Waals surface area contributed by atoms with Gasteiger partial charge in [-0.2, -0.15) is 0 Å². The van der Waals surface area contributed by atoms with Crippen LogP contribution in [0.1, 0.15) is 6.92 Å². The van der Waals surface area contributed by atoms with Crippen LogP contribution in [0.2, 0.25) is 0 Å². The van der Waals surface area contributed by atoms with Gasteiger partial charge in [-0.15, -0.1) is 11.3 Å². The fourth-order valence-electron chi connectivity index (χ4n) is 1.87. The van der Waals surface area contributed by atoms with Gasteiger partial charge in [0.1, 0.15) is 5.69 Å². The van der Waals surface area contributed by atoms with Crippen molar-refractivity contribution in [3.8, 4) is 11.5 Å². The Hall–Kier alpha value is -2.60. The predicted molar refractivity (Wildman–Crippen MR) is 83.8 cm³/mol. The number of benzene rings is 1. The molecule has 2 heterocycles. The highest BCUT2D eigenvalue weighted by atomic mass is 32.1. The van der Waals surface area contributed by atoms with Gasteiger partial charge in [0.25, 0.3) is 0 Å². The van der Waals surface area contributed by atoms with E-state index in [-0.39, 0.29) is 5.91 Å². The summed E-state index contributed by atoms with van der Waals surface area (Å²) < 4.78 is 5.31. The number of carbonyl (C=O) groups excluding carboxylic acids is 1. The monoisotopic (exact) mass is 299 g/mol. The van der Waals surface area contributed by atoms with Gasteiger partial charge in [0.05, 0.1) is 6.26 Å². The fraction of sp³-hybridized carbons (Fsp3) is 0.0667. The first kappa shape index (κ1) is 13.4. The third kappa shape index (κ3) is 3.29. The minimum atomic E-state index is -0.0958. The van der Waals surface area contributed by atoms with E-state index >= 15 is 0 Å². The van der Waals surface area contributed by atoms with Crippen LogP contribution >= 0.6 is 11.3 Å². The van der Waals surface area contributed by atoms with Gasteiger partial charge in [-0.1, -0.05) is 6.07 Å². The Morgan fingerprint density at radius 2 is 2.10 bits per heavy atom. The van der Waals surface area contributed by atoms with E-state index in [1.54, 1.807) is 6.26 Å². The van der Waals surface area contributed by atoms with E-state index in [9.17, 15) is 4.79 Å². The summed E-state index contributed by atoms with van der Waals surface area (Å²) in [4.78, 5) is 15.5. The normalized spacial score (nSPS) is 10.3. The van der Waals surface area contributed by atoms with Crippen molar-refractivity contribution in [1.82, 2.24) is 4.98 Å². The SMILES string of the molecule is CC(=O)Nc1cccc(Nc2nc(-c3ccco3)cs2)c1. The highest BCUT2D eigenvalue weighted by Gasteiger charge is 2.07. The zero-order valence-electron chi connectivity index (χ0n) is 11.3. The number of nitrogens with zero attached hydrogens (tertiary/aromatic N) is 1. The van der Waals surface area contributed by atoms with Crippen molar-refractivity contribution in [2.24, 2.45) is 0 Å². The maximum Gasteiger partial charge on any atom is 0.221 e. The second-order valence-corrected chi connectivity index (χ2v) is 5.26. The second-order valence-electron chi connectivity index (χ2n) is 4.40. The van der Waals surface area contributed by atoms with Crippen molar-refractivity contribution >= 4 is 33.8 Å². The Kier molecular flexibility index (Phi) is 3.70. The second kappa shape index (κ2) is 5.80. The van der Waals surface area contributed by atoms with E-state index in [2.05, 4.69) is 15.6 Å². The molecule has 2 aromatic heterocycles. The van der Waals surface area contributed by atoms with Crippen molar-refractivity contribution in [3.05, 3.63) is 48.0 Å². The molecule has 6 heteroatoms. The summed E-state index contributed by atoms with van der Waals surface area (Å²) >= 11 is 1.49. The van der Waals surface area contributed by atoms with E-state index in [0.29, 0.717) is 0 Å². The van der Waals surface area contributed by atoms with Gasteiger partial charge >= 0.3 is 0 Å². The Morgan fingerprint density at radius 3 is 2.86 bits per heavy atom. The van der Waals surface area contributed by atoms with Gasteiger partial charge in [-0.25, -0.2) is 4.98 Å². The van der Waals surface area contributed by atoms with Crippen LogP contribution in [0.4, 0.5) is 16.5 Å². The third-order valence-electron chi connectivity index (χ3n) is 2.71. The molecule has 21 heavy (non-hydrogen) atoms. The molecule has 0 aliphatic heterocycles. The number of furan rings is 1. The Morgan fingerprint density at radius 1 is 1.24 bits per heavy atom. The summed E-state index contributed by atoms with van der Waals surface area (Å²) in [7, 11) is 0. The molecule has 5 nitrogen and oxygen atoms in total. The lowest BCUT2D eigenvalue weighted by Gasteiger charge is -2.06. The highest BCUT2D eigenvalue weighted by molar-refractivity contribution is 7.14. The van der Waals surface area contributed by atoms with Crippen LogP contribution in [0, 0.1) is 0 Å². The molecule has 106 valence electrons. The number of thiazole rings is 1. The summed E-state index contributed by atoms with van der Waals surface area (Å²) in [6, 6.07) is 11.2. The standard InChI is InChI=1S/C15H13N3O2S/c1-10(19)16-11-4-2-5-12(8-11)17-15-18-13(9-21-15)14-6-3-7-20-14/h2-9H,1H3,(H,16,19)(H,17,18). The molecule has 3 aromatic rings. The van der Waals surface area contributed by atoms with E-state index in [1.165, 1.54) is 18.3 Å². The number of nitrogens with one attached hydrogen (secondary N) is 2. The molecule has 2 N–H and O–H groups in total. The molecule has 1 amide bonds. The largest absolute Gasteiger partial charge is 0.463 e. The summed E-state index contributed by atoms with van der Waals surface area (Å²) in [6.45, 7) is 1.48. The number of amides is 1. The van der Waals surface area contributed by atoms with Crippen LogP contribution in [0.5, 0.6) is 0 Å². The first-order valence-electron chi connectivity index (χ1n) is 6.35. The molecule has 0 radical (unpaired) electrons. The van der Waals surface area contributed by atoms with Gasteiger partial charge in [-0.3, -0.25) is 4.79 Å². The van der Waals surface area contributed by atoms with Crippen molar-refractivity contribution in [2.45, 2.75) is 6.92 Å². The topological polar surface area (TPSA) is 67.2 Å². The van der Waals surface area contributed by atoms with E-state index < -0.39 is 0 Å². The lowest BCUT2D eigenvalue weighted by molar-refractivity contribution is -0.114. The first-order chi connectivity index (χ1) is 10.2. The lowest BCUT2D eigenvalue weighted by atomic mass is 10.3. The molecule has 0 unspecified atom stereocenters. The average molecular weight is 299 g/mol. The highest BCUT2D eigenvalue weighted by Crippen LogP contribution is 2.28. The number of hydrogen-bond acceptors (Lipinski definition) is 5. The van der Waals surface area contributed by atoms with E-state index in [4.69, 9.17) is 4.42 Å². The summed E-state index contributed by atoms with van der Waals surface area (Å²) in [5.41, 5.74) is 2.41. The summed E-state index contributed by atoms with van der Waals surface area (Å²) in [5, 5.41) is 8.66. The smallest absolute Gasteiger partial charge is 0.221 e. The molecule has 0 saturated heterocycles. The van der Waals surface area contributed by atoms with Crippen molar-refractivity contribution in [2.75, 3.05) is 10.6 Å². The Labute approximate surface area is 125 Å². The zero-order chi connectivity index (χ0) is 14.7. The number of carbonyl (C=O) groups is 1. The molecular weight excluding hydrogens is 286 g/mol.